The Labute approximate surface area is 89.5 Å². The summed E-state index contributed by atoms with van der Waals surface area (Å²) in [5, 5.41) is 0. The maximum Gasteiger partial charge on any atom is 0.0499 e. The number of ether oxygens (including phenoxy) is 1. The minimum Gasteiger partial charge on any atom is -0.381 e. The van der Waals surface area contributed by atoms with Gasteiger partial charge in [0.05, 0.1) is 0 Å². The Morgan fingerprint density at radius 2 is 2.00 bits per heavy atom. The van der Waals surface area contributed by atoms with Crippen LogP contribution >= 0.6 is 0 Å². The zero-order valence-corrected chi connectivity index (χ0v) is 10.5. The van der Waals surface area contributed by atoms with Gasteiger partial charge < -0.3 is 4.74 Å². The Kier molecular flexibility index (Phi) is 7.87. The molecule has 1 aliphatic heterocycles. The van der Waals surface area contributed by atoms with Gasteiger partial charge in [-0.1, -0.05) is 38.8 Å². The van der Waals surface area contributed by atoms with Gasteiger partial charge in [0.2, 0.25) is 0 Å². The zero-order valence-electron chi connectivity index (χ0n) is 10.5. The minimum atomic E-state index is 0.758. The molecule has 0 bridgehead atoms. The van der Waals surface area contributed by atoms with Gasteiger partial charge in [0.15, 0.2) is 0 Å². The predicted octanol–water partition coefficient (Wildman–Crippen LogP) is 4.04. The fraction of sp³-hybridized carbons (Fsp3) is 0.846. The third-order valence-corrected chi connectivity index (χ3v) is 2.60. The van der Waals surface area contributed by atoms with Crippen LogP contribution in [0.25, 0.3) is 0 Å². The predicted molar refractivity (Wildman–Crippen MR) is 63.5 cm³/mol. The molecule has 1 saturated heterocycles. The average molecular weight is 198 g/mol. The summed E-state index contributed by atoms with van der Waals surface area (Å²) in [4.78, 5) is 0. The lowest BCUT2D eigenvalue weighted by molar-refractivity contribution is 0.0298. The van der Waals surface area contributed by atoms with Crippen molar-refractivity contribution in [3.63, 3.8) is 0 Å². The van der Waals surface area contributed by atoms with Crippen LogP contribution in [0.4, 0.5) is 0 Å². The van der Waals surface area contributed by atoms with Gasteiger partial charge in [0.1, 0.15) is 0 Å². The smallest absolute Gasteiger partial charge is 0.0499 e. The van der Waals surface area contributed by atoms with Gasteiger partial charge in [-0.05, 0) is 32.1 Å². The molecule has 84 valence electrons. The molecule has 14 heavy (non-hydrogen) atoms. The van der Waals surface area contributed by atoms with Crippen molar-refractivity contribution in [3.05, 3.63) is 11.6 Å². The van der Waals surface area contributed by atoms with E-state index >= 15 is 0 Å². The van der Waals surface area contributed by atoms with Crippen LogP contribution < -0.4 is 0 Å². The molecule has 1 heteroatoms. The van der Waals surface area contributed by atoms with E-state index in [1.807, 2.05) is 13.8 Å². The van der Waals surface area contributed by atoms with E-state index in [1.54, 1.807) is 0 Å². The van der Waals surface area contributed by atoms with E-state index < -0.39 is 0 Å². The Morgan fingerprint density at radius 3 is 2.50 bits per heavy atom. The summed E-state index contributed by atoms with van der Waals surface area (Å²) in [5.41, 5.74) is 1.44. The quantitative estimate of drug-likeness (QED) is 0.608. The summed E-state index contributed by atoms with van der Waals surface area (Å²) in [7, 11) is 0. The Morgan fingerprint density at radius 1 is 1.36 bits per heavy atom. The van der Waals surface area contributed by atoms with E-state index in [9.17, 15) is 0 Å². The fourth-order valence-corrected chi connectivity index (χ4v) is 1.88. The lowest BCUT2D eigenvalue weighted by Crippen LogP contribution is -2.25. The Balaban J connectivity index is 0.000000791. The maximum absolute atomic E-state index is 5.46. The summed E-state index contributed by atoms with van der Waals surface area (Å²) >= 11 is 0. The second-order valence-corrected chi connectivity index (χ2v) is 3.94. The van der Waals surface area contributed by atoms with Crippen molar-refractivity contribution < 1.29 is 4.74 Å². The van der Waals surface area contributed by atoms with Crippen LogP contribution in [0.3, 0.4) is 0 Å². The Bertz CT molecular complexity index is 157. The van der Waals surface area contributed by atoms with Crippen molar-refractivity contribution in [1.82, 2.24) is 0 Å². The van der Waals surface area contributed by atoms with Gasteiger partial charge in [0.25, 0.3) is 0 Å². The first-order chi connectivity index (χ1) is 6.74. The first-order valence-electron chi connectivity index (χ1n) is 5.96. The highest BCUT2D eigenvalue weighted by Gasteiger charge is 2.21. The normalized spacial score (nSPS) is 26.1. The van der Waals surface area contributed by atoms with Crippen molar-refractivity contribution in [1.29, 1.82) is 0 Å². The lowest BCUT2D eigenvalue weighted by atomic mass is 9.85. The van der Waals surface area contributed by atoms with Crippen molar-refractivity contribution in [3.8, 4) is 0 Å². The Hall–Kier alpha value is -0.300. The number of rotatable bonds is 2. The molecule has 0 N–H and O–H groups in total. The highest BCUT2D eigenvalue weighted by molar-refractivity contribution is 4.99. The van der Waals surface area contributed by atoms with Crippen molar-refractivity contribution in [2.24, 2.45) is 11.8 Å². The monoisotopic (exact) mass is 198 g/mol. The molecule has 0 aromatic rings. The van der Waals surface area contributed by atoms with Crippen molar-refractivity contribution in [2.75, 3.05) is 13.2 Å². The van der Waals surface area contributed by atoms with Crippen LogP contribution in [0.15, 0.2) is 11.6 Å². The number of allylic oxidation sites excluding steroid dienone is 2. The highest BCUT2D eigenvalue weighted by Crippen LogP contribution is 2.26. The van der Waals surface area contributed by atoms with E-state index in [0.29, 0.717) is 0 Å². The molecule has 0 aromatic heterocycles. The van der Waals surface area contributed by atoms with Crippen molar-refractivity contribution in [2.45, 2.75) is 47.5 Å². The van der Waals surface area contributed by atoms with E-state index in [-0.39, 0.29) is 0 Å². The summed E-state index contributed by atoms with van der Waals surface area (Å²) in [5.74, 6) is 1.53. The molecule has 0 amide bonds. The first kappa shape index (κ1) is 13.7. The topological polar surface area (TPSA) is 9.23 Å². The minimum absolute atomic E-state index is 0.758. The standard InChI is InChI=1S/C11H20O.C2H6/c1-4-10-8-12-6-5-11(10)7-9(2)3;1-2/h7,10-11H,4-6,8H2,1-3H3;1-2H3. The summed E-state index contributed by atoms with van der Waals surface area (Å²) in [6, 6.07) is 0. The molecule has 0 aromatic carbocycles. The van der Waals surface area contributed by atoms with E-state index in [2.05, 4.69) is 26.8 Å². The summed E-state index contributed by atoms with van der Waals surface area (Å²) in [6.45, 7) is 12.5. The van der Waals surface area contributed by atoms with E-state index in [0.717, 1.165) is 25.0 Å². The second-order valence-electron chi connectivity index (χ2n) is 3.94. The van der Waals surface area contributed by atoms with Crippen LogP contribution in [-0.4, -0.2) is 13.2 Å². The average Bonchev–Trinajstić information content (AvgIpc) is 2.21. The SMILES string of the molecule is CC.CCC1COCCC1C=C(C)C. The highest BCUT2D eigenvalue weighted by atomic mass is 16.5. The molecular formula is C13H26O. The van der Waals surface area contributed by atoms with Crippen LogP contribution in [0, 0.1) is 11.8 Å². The molecule has 2 unspecified atom stereocenters. The number of hydrogen-bond donors (Lipinski definition) is 0. The van der Waals surface area contributed by atoms with E-state index in [1.165, 1.54) is 18.4 Å². The maximum atomic E-state index is 5.46. The molecule has 0 radical (unpaired) electrons. The lowest BCUT2D eigenvalue weighted by Gasteiger charge is -2.28. The van der Waals surface area contributed by atoms with Crippen LogP contribution in [0.1, 0.15) is 47.5 Å². The second kappa shape index (κ2) is 8.05. The largest absolute Gasteiger partial charge is 0.381 e. The van der Waals surface area contributed by atoms with Gasteiger partial charge in [-0.3, -0.25) is 0 Å². The molecule has 0 spiro atoms. The molecule has 1 aliphatic rings. The van der Waals surface area contributed by atoms with Gasteiger partial charge in [-0.2, -0.15) is 0 Å². The van der Waals surface area contributed by atoms with Crippen LogP contribution in [0.5, 0.6) is 0 Å². The zero-order chi connectivity index (χ0) is 11.0. The van der Waals surface area contributed by atoms with Crippen molar-refractivity contribution >= 4 is 0 Å². The molecular weight excluding hydrogens is 172 g/mol. The molecule has 1 rings (SSSR count). The van der Waals surface area contributed by atoms with Gasteiger partial charge >= 0.3 is 0 Å². The summed E-state index contributed by atoms with van der Waals surface area (Å²) in [6.07, 6.45) is 4.87. The molecule has 0 aliphatic carbocycles. The van der Waals surface area contributed by atoms with Gasteiger partial charge in [-0.25, -0.2) is 0 Å². The van der Waals surface area contributed by atoms with Crippen LogP contribution in [0.2, 0.25) is 0 Å². The summed E-state index contributed by atoms with van der Waals surface area (Å²) < 4.78 is 5.46. The molecule has 1 fully saturated rings. The molecule has 1 nitrogen and oxygen atoms in total. The van der Waals surface area contributed by atoms with Crippen LogP contribution in [-0.2, 0) is 4.74 Å². The third-order valence-electron chi connectivity index (χ3n) is 2.60. The first-order valence-corrected chi connectivity index (χ1v) is 5.96. The fourth-order valence-electron chi connectivity index (χ4n) is 1.88. The molecule has 0 saturated carbocycles. The van der Waals surface area contributed by atoms with E-state index in [4.69, 9.17) is 4.74 Å². The third kappa shape index (κ3) is 4.80. The molecule has 2 atom stereocenters. The van der Waals surface area contributed by atoms with Gasteiger partial charge in [0, 0.05) is 13.2 Å². The molecule has 1 heterocycles. The van der Waals surface area contributed by atoms with Gasteiger partial charge in [-0.15, -0.1) is 0 Å². The number of hydrogen-bond acceptors (Lipinski definition) is 1.